The lowest BCUT2D eigenvalue weighted by Gasteiger charge is -2.28. The maximum atomic E-state index is 12.8. The van der Waals surface area contributed by atoms with Gasteiger partial charge in [-0.2, -0.15) is 10.1 Å². The second-order valence-corrected chi connectivity index (χ2v) is 12.0. The molecule has 5 rings (SSSR count). The second kappa shape index (κ2) is 11.3. The van der Waals surface area contributed by atoms with Crippen molar-refractivity contribution in [3.8, 4) is 11.6 Å². The molecule has 1 aliphatic rings. The molecule has 1 fully saturated rings. The number of hydrogen-bond donors (Lipinski definition) is 1. The zero-order valence-corrected chi connectivity index (χ0v) is 22.1. The number of carbonyl (C=O) groups excluding carboxylic acids is 1. The fourth-order valence-electron chi connectivity index (χ4n) is 4.89. The van der Waals surface area contributed by atoms with Crippen molar-refractivity contribution < 1.29 is 17.9 Å². The standard InChI is InChI=1S/C28H31N5O4S/c1-38(35,36)18-6-17-37-25-10-5-9-24-23(25)19-30-33(24)26-15-16-29-28(32-26)31-22-13-11-21(12-14-22)27(34)20-7-3-2-4-8-20/h2-5,7-10,15-16,19,21-22H,6,11-14,17-18H2,1H3,(H,29,31,32). The lowest BCUT2D eigenvalue weighted by Crippen LogP contribution is -2.30. The number of Topliss-reactive ketones (excluding diaryl/α,β-unsaturated/α-hetero) is 1. The Bertz CT molecular complexity index is 1510. The smallest absolute Gasteiger partial charge is 0.224 e. The molecular formula is C28H31N5O4S. The maximum absolute atomic E-state index is 12.8. The van der Waals surface area contributed by atoms with Crippen molar-refractivity contribution in [2.75, 3.05) is 23.9 Å². The molecule has 198 valence electrons. The van der Waals surface area contributed by atoms with E-state index in [1.807, 2.05) is 48.5 Å². The summed E-state index contributed by atoms with van der Waals surface area (Å²) in [4.78, 5) is 21.9. The third kappa shape index (κ3) is 6.19. The van der Waals surface area contributed by atoms with Crippen LogP contribution in [0.5, 0.6) is 5.75 Å². The molecule has 2 aromatic heterocycles. The number of carbonyl (C=O) groups is 1. The van der Waals surface area contributed by atoms with E-state index in [-0.39, 0.29) is 23.5 Å². The van der Waals surface area contributed by atoms with Crippen LogP contribution in [-0.2, 0) is 9.84 Å². The maximum Gasteiger partial charge on any atom is 0.224 e. The quantitative estimate of drug-likeness (QED) is 0.234. The number of ether oxygens (including phenoxy) is 1. The summed E-state index contributed by atoms with van der Waals surface area (Å²) in [5.41, 5.74) is 1.61. The predicted molar refractivity (Wildman–Crippen MR) is 147 cm³/mol. The number of benzene rings is 2. The van der Waals surface area contributed by atoms with Gasteiger partial charge in [-0.15, -0.1) is 0 Å². The fourth-order valence-corrected chi connectivity index (χ4v) is 5.54. The van der Waals surface area contributed by atoms with Gasteiger partial charge in [0.05, 0.1) is 29.5 Å². The van der Waals surface area contributed by atoms with Crippen LogP contribution in [0.2, 0.25) is 0 Å². The molecule has 0 spiro atoms. The minimum Gasteiger partial charge on any atom is -0.493 e. The van der Waals surface area contributed by atoms with Crippen molar-refractivity contribution in [2.24, 2.45) is 5.92 Å². The van der Waals surface area contributed by atoms with E-state index < -0.39 is 9.84 Å². The number of aromatic nitrogens is 4. The monoisotopic (exact) mass is 533 g/mol. The van der Waals surface area contributed by atoms with Crippen molar-refractivity contribution in [2.45, 2.75) is 38.1 Å². The highest BCUT2D eigenvalue weighted by Gasteiger charge is 2.27. The van der Waals surface area contributed by atoms with Crippen molar-refractivity contribution >= 4 is 32.5 Å². The molecule has 0 atom stereocenters. The summed E-state index contributed by atoms with van der Waals surface area (Å²) >= 11 is 0. The summed E-state index contributed by atoms with van der Waals surface area (Å²) in [7, 11) is -3.02. The lowest BCUT2D eigenvalue weighted by atomic mass is 9.81. The Balaban J connectivity index is 1.23. The summed E-state index contributed by atoms with van der Waals surface area (Å²) in [5.74, 6) is 2.17. The summed E-state index contributed by atoms with van der Waals surface area (Å²) in [6, 6.07) is 17.2. The number of hydrogen-bond acceptors (Lipinski definition) is 8. The van der Waals surface area contributed by atoms with E-state index in [2.05, 4.69) is 15.4 Å². The molecule has 1 N–H and O–H groups in total. The molecule has 1 saturated carbocycles. The molecule has 2 aromatic carbocycles. The van der Waals surface area contributed by atoms with E-state index in [1.54, 1.807) is 23.1 Å². The molecule has 9 nitrogen and oxygen atoms in total. The van der Waals surface area contributed by atoms with Crippen molar-refractivity contribution in [3.63, 3.8) is 0 Å². The van der Waals surface area contributed by atoms with E-state index in [4.69, 9.17) is 9.72 Å². The van der Waals surface area contributed by atoms with Crippen molar-refractivity contribution in [3.05, 3.63) is 72.6 Å². The zero-order valence-electron chi connectivity index (χ0n) is 21.3. The average molecular weight is 534 g/mol. The lowest BCUT2D eigenvalue weighted by molar-refractivity contribution is 0.0886. The van der Waals surface area contributed by atoms with Gasteiger partial charge in [-0.1, -0.05) is 36.4 Å². The predicted octanol–water partition coefficient (Wildman–Crippen LogP) is 4.48. The van der Waals surface area contributed by atoms with Gasteiger partial charge in [0.2, 0.25) is 5.95 Å². The van der Waals surface area contributed by atoms with Crippen LogP contribution in [0.3, 0.4) is 0 Å². The Labute approximate surface area is 222 Å². The summed E-state index contributed by atoms with van der Waals surface area (Å²) in [6.07, 6.45) is 8.50. The summed E-state index contributed by atoms with van der Waals surface area (Å²) in [5, 5.41) is 8.79. The third-order valence-electron chi connectivity index (χ3n) is 6.84. The van der Waals surface area contributed by atoms with Gasteiger partial charge in [0, 0.05) is 36.0 Å². The number of nitrogens with one attached hydrogen (secondary N) is 1. The fraction of sp³-hybridized carbons (Fsp3) is 0.357. The van der Waals surface area contributed by atoms with Gasteiger partial charge < -0.3 is 10.1 Å². The van der Waals surface area contributed by atoms with Crippen LogP contribution >= 0.6 is 0 Å². The number of sulfone groups is 1. The number of rotatable bonds is 10. The largest absolute Gasteiger partial charge is 0.493 e. The Kier molecular flexibility index (Phi) is 7.69. The molecule has 10 heteroatoms. The van der Waals surface area contributed by atoms with E-state index in [1.165, 1.54) is 6.26 Å². The minimum absolute atomic E-state index is 0.0564. The summed E-state index contributed by atoms with van der Waals surface area (Å²) < 4.78 is 30.3. The first-order chi connectivity index (χ1) is 18.4. The first-order valence-corrected chi connectivity index (χ1v) is 14.9. The van der Waals surface area contributed by atoms with Gasteiger partial charge in [-0.3, -0.25) is 4.79 Å². The van der Waals surface area contributed by atoms with Gasteiger partial charge in [0.25, 0.3) is 0 Å². The van der Waals surface area contributed by atoms with E-state index in [9.17, 15) is 13.2 Å². The molecule has 4 aromatic rings. The number of ketones is 1. The molecule has 2 heterocycles. The van der Waals surface area contributed by atoms with Crippen LogP contribution in [0.25, 0.3) is 16.7 Å². The highest BCUT2D eigenvalue weighted by atomic mass is 32.2. The number of fused-ring (bicyclic) bond motifs is 1. The first kappa shape index (κ1) is 25.8. The highest BCUT2D eigenvalue weighted by molar-refractivity contribution is 7.90. The number of nitrogens with zero attached hydrogens (tertiary/aromatic N) is 4. The molecule has 0 unspecified atom stereocenters. The molecular weight excluding hydrogens is 502 g/mol. The van der Waals surface area contributed by atoms with Crippen LogP contribution in [-0.4, -0.2) is 58.6 Å². The van der Waals surface area contributed by atoms with E-state index >= 15 is 0 Å². The molecule has 38 heavy (non-hydrogen) atoms. The first-order valence-electron chi connectivity index (χ1n) is 12.8. The van der Waals surface area contributed by atoms with Crippen LogP contribution < -0.4 is 10.1 Å². The Hall–Kier alpha value is -3.79. The average Bonchev–Trinajstić information content (AvgIpc) is 3.36. The third-order valence-corrected chi connectivity index (χ3v) is 7.87. The minimum atomic E-state index is -3.02. The number of anilines is 1. The molecule has 0 bridgehead atoms. The molecule has 0 radical (unpaired) electrons. The Morgan fingerprint density at radius 2 is 1.84 bits per heavy atom. The SMILES string of the molecule is CS(=O)(=O)CCCOc1cccc2c1cnn2-c1ccnc(NC2CCC(C(=O)c3ccccc3)CC2)n1. The molecule has 0 aliphatic heterocycles. The molecule has 1 aliphatic carbocycles. The topological polar surface area (TPSA) is 116 Å². The van der Waals surface area contributed by atoms with E-state index in [0.29, 0.717) is 30.5 Å². The second-order valence-electron chi connectivity index (χ2n) is 9.74. The Morgan fingerprint density at radius 1 is 1.05 bits per heavy atom. The molecule has 0 saturated heterocycles. The normalized spacial score (nSPS) is 17.8. The summed E-state index contributed by atoms with van der Waals surface area (Å²) in [6.45, 7) is 0.304. The Morgan fingerprint density at radius 3 is 2.61 bits per heavy atom. The van der Waals surface area contributed by atoms with Crippen LogP contribution in [0, 0.1) is 5.92 Å². The molecule has 0 amide bonds. The highest BCUT2D eigenvalue weighted by Crippen LogP contribution is 2.30. The van der Waals surface area contributed by atoms with Gasteiger partial charge >= 0.3 is 0 Å². The van der Waals surface area contributed by atoms with Gasteiger partial charge in [-0.05, 0) is 44.2 Å². The van der Waals surface area contributed by atoms with Crippen molar-refractivity contribution in [1.82, 2.24) is 19.7 Å². The van der Waals surface area contributed by atoms with Gasteiger partial charge in [0.1, 0.15) is 15.6 Å². The van der Waals surface area contributed by atoms with E-state index in [0.717, 1.165) is 42.1 Å². The van der Waals surface area contributed by atoms with Crippen LogP contribution in [0.1, 0.15) is 42.5 Å². The van der Waals surface area contributed by atoms with Gasteiger partial charge in [-0.25, -0.2) is 18.1 Å². The van der Waals surface area contributed by atoms with Gasteiger partial charge in [0.15, 0.2) is 11.6 Å². The van der Waals surface area contributed by atoms with Crippen molar-refractivity contribution in [1.29, 1.82) is 0 Å². The van der Waals surface area contributed by atoms with Crippen LogP contribution in [0.15, 0.2) is 67.0 Å². The van der Waals surface area contributed by atoms with Crippen LogP contribution in [0.4, 0.5) is 5.95 Å². The zero-order chi connectivity index (χ0) is 26.5.